The van der Waals surface area contributed by atoms with Gasteiger partial charge in [0.15, 0.2) is 12.4 Å². The van der Waals surface area contributed by atoms with Gasteiger partial charge in [0.05, 0.1) is 11.7 Å². The van der Waals surface area contributed by atoms with E-state index in [0.29, 0.717) is 17.4 Å². The minimum atomic E-state index is -0.317. The number of nitrogens with one attached hydrogen (secondary N) is 3. The molecule has 2 heterocycles. The average molecular weight is 507 g/mol. The van der Waals surface area contributed by atoms with Crippen LogP contribution < -0.4 is 15.4 Å². The minimum Gasteiger partial charge on any atom is -0.484 e. The summed E-state index contributed by atoms with van der Waals surface area (Å²) in [4.78, 5) is 21.9. The maximum absolute atomic E-state index is 12.2. The van der Waals surface area contributed by atoms with Crippen molar-refractivity contribution in [1.29, 1.82) is 0 Å². The smallest absolute Gasteiger partial charge is 0.258 e. The first-order valence-corrected chi connectivity index (χ1v) is 12.4. The average Bonchev–Trinajstić information content (AvgIpc) is 3.42. The van der Waals surface area contributed by atoms with Crippen LogP contribution in [-0.2, 0) is 4.79 Å². The van der Waals surface area contributed by atoms with E-state index < -0.39 is 0 Å². The van der Waals surface area contributed by atoms with Gasteiger partial charge in [0.25, 0.3) is 5.91 Å². The molecule has 0 aliphatic heterocycles. The molecule has 192 valence electrons. The van der Waals surface area contributed by atoms with Crippen LogP contribution in [0, 0.1) is 6.92 Å². The van der Waals surface area contributed by atoms with Gasteiger partial charge < -0.3 is 15.4 Å². The number of aryl methyl sites for hydroxylation is 1. The van der Waals surface area contributed by atoms with E-state index in [1.54, 1.807) is 6.20 Å². The molecule has 3 aromatic carbocycles. The van der Waals surface area contributed by atoms with Crippen LogP contribution in [0.4, 0.5) is 11.5 Å². The van der Waals surface area contributed by atoms with Crippen molar-refractivity contribution < 1.29 is 9.53 Å². The van der Waals surface area contributed by atoms with E-state index >= 15 is 0 Å². The highest BCUT2D eigenvalue weighted by Gasteiger charge is 2.15. The van der Waals surface area contributed by atoms with Gasteiger partial charge in [0, 0.05) is 33.9 Å². The zero-order valence-electron chi connectivity index (χ0n) is 21.9. The van der Waals surface area contributed by atoms with Crippen LogP contribution in [0.3, 0.4) is 0 Å². The number of hydrogen-bond donors (Lipinski definition) is 3. The predicted molar refractivity (Wildman–Crippen MR) is 150 cm³/mol. The highest BCUT2D eigenvalue weighted by atomic mass is 16.5. The zero-order chi connectivity index (χ0) is 26.7. The van der Waals surface area contributed by atoms with E-state index in [4.69, 9.17) is 14.7 Å². The highest BCUT2D eigenvalue weighted by Crippen LogP contribution is 2.30. The highest BCUT2D eigenvalue weighted by molar-refractivity contribution is 5.93. The topological polar surface area (TPSA) is 105 Å². The second-order valence-electron chi connectivity index (χ2n) is 10.2. The largest absolute Gasteiger partial charge is 0.484 e. The molecular weight excluding hydrogens is 476 g/mol. The fourth-order valence-electron chi connectivity index (χ4n) is 4.09. The lowest BCUT2D eigenvalue weighted by Crippen LogP contribution is -2.43. The first-order valence-electron chi connectivity index (χ1n) is 12.4. The summed E-state index contributed by atoms with van der Waals surface area (Å²) in [6.45, 7) is 7.78. The Kier molecular flexibility index (Phi) is 6.79. The van der Waals surface area contributed by atoms with Crippen molar-refractivity contribution in [2.24, 2.45) is 0 Å². The Morgan fingerprint density at radius 2 is 1.76 bits per heavy atom. The van der Waals surface area contributed by atoms with E-state index in [1.807, 2.05) is 94.6 Å². The number of aromatic nitrogens is 4. The van der Waals surface area contributed by atoms with Crippen molar-refractivity contribution in [3.8, 4) is 28.3 Å². The van der Waals surface area contributed by atoms with Crippen LogP contribution >= 0.6 is 0 Å². The van der Waals surface area contributed by atoms with Crippen LogP contribution in [0.1, 0.15) is 26.3 Å². The quantitative estimate of drug-likeness (QED) is 0.249. The van der Waals surface area contributed by atoms with Crippen LogP contribution in [0.25, 0.3) is 33.4 Å². The van der Waals surface area contributed by atoms with Gasteiger partial charge in [0.1, 0.15) is 11.6 Å². The SMILES string of the molecule is Cc1ccc2nc(-c3cccc(OCC(=O)NC(C)(C)C)c3)nc(Nc3ccc(-c4cn[nH]c4)cc3)c2c1. The van der Waals surface area contributed by atoms with Crippen molar-refractivity contribution in [2.75, 3.05) is 11.9 Å². The number of ether oxygens (including phenoxy) is 1. The molecule has 0 bridgehead atoms. The number of hydrogen-bond acceptors (Lipinski definition) is 6. The molecule has 0 aliphatic rings. The normalized spacial score (nSPS) is 11.4. The molecule has 3 N–H and O–H groups in total. The summed E-state index contributed by atoms with van der Waals surface area (Å²) in [5, 5.41) is 14.2. The van der Waals surface area contributed by atoms with Gasteiger partial charge in [-0.1, -0.05) is 35.9 Å². The number of rotatable bonds is 7. The van der Waals surface area contributed by atoms with Gasteiger partial charge in [-0.2, -0.15) is 5.10 Å². The molecule has 0 saturated carbocycles. The Labute approximate surface area is 221 Å². The summed E-state index contributed by atoms with van der Waals surface area (Å²) in [7, 11) is 0. The second kappa shape index (κ2) is 10.3. The summed E-state index contributed by atoms with van der Waals surface area (Å²) < 4.78 is 5.76. The van der Waals surface area contributed by atoms with Crippen LogP contribution in [0.2, 0.25) is 0 Å². The first kappa shape index (κ1) is 25.0. The molecule has 0 aliphatic carbocycles. The van der Waals surface area contributed by atoms with Crippen molar-refractivity contribution >= 4 is 28.3 Å². The van der Waals surface area contributed by atoms with Crippen molar-refractivity contribution in [1.82, 2.24) is 25.5 Å². The molecular formula is C30H30N6O2. The Hall–Kier alpha value is -4.72. The van der Waals surface area contributed by atoms with E-state index in [9.17, 15) is 4.79 Å². The molecule has 2 aromatic heterocycles. The van der Waals surface area contributed by atoms with Gasteiger partial charge >= 0.3 is 0 Å². The second-order valence-corrected chi connectivity index (χ2v) is 10.2. The van der Waals surface area contributed by atoms with E-state index in [-0.39, 0.29) is 18.1 Å². The van der Waals surface area contributed by atoms with Gasteiger partial charge in [0.2, 0.25) is 0 Å². The van der Waals surface area contributed by atoms with E-state index in [2.05, 4.69) is 26.9 Å². The number of anilines is 2. The summed E-state index contributed by atoms with van der Waals surface area (Å²) in [6.07, 6.45) is 3.66. The van der Waals surface area contributed by atoms with Crippen LogP contribution in [-0.4, -0.2) is 38.2 Å². The lowest BCUT2D eigenvalue weighted by atomic mass is 10.1. The fraction of sp³-hybridized carbons (Fsp3) is 0.200. The molecule has 8 nitrogen and oxygen atoms in total. The first-order chi connectivity index (χ1) is 18.2. The summed E-state index contributed by atoms with van der Waals surface area (Å²) in [6, 6.07) is 21.7. The molecule has 0 atom stereocenters. The Morgan fingerprint density at radius 3 is 2.50 bits per heavy atom. The van der Waals surface area contributed by atoms with Crippen molar-refractivity contribution in [3.05, 3.63) is 84.7 Å². The number of nitrogens with zero attached hydrogens (tertiary/aromatic N) is 3. The maximum atomic E-state index is 12.2. The number of carbonyl (C=O) groups excluding carboxylic acids is 1. The van der Waals surface area contributed by atoms with Crippen LogP contribution in [0.15, 0.2) is 79.1 Å². The van der Waals surface area contributed by atoms with Crippen molar-refractivity contribution in [3.63, 3.8) is 0 Å². The van der Waals surface area contributed by atoms with Crippen molar-refractivity contribution in [2.45, 2.75) is 33.2 Å². The maximum Gasteiger partial charge on any atom is 0.258 e. The van der Waals surface area contributed by atoms with Gasteiger partial charge in [-0.25, -0.2) is 9.97 Å². The zero-order valence-corrected chi connectivity index (χ0v) is 21.9. The number of carbonyl (C=O) groups is 1. The lowest BCUT2D eigenvalue weighted by molar-refractivity contribution is -0.124. The molecule has 1 amide bonds. The van der Waals surface area contributed by atoms with Crippen LogP contribution in [0.5, 0.6) is 5.75 Å². The molecule has 8 heteroatoms. The lowest BCUT2D eigenvalue weighted by Gasteiger charge is -2.20. The summed E-state index contributed by atoms with van der Waals surface area (Å²) in [5.74, 6) is 1.66. The van der Waals surface area contributed by atoms with E-state index in [0.717, 1.165) is 38.8 Å². The number of benzene rings is 3. The fourth-order valence-corrected chi connectivity index (χ4v) is 4.09. The third kappa shape index (κ3) is 5.98. The molecule has 0 unspecified atom stereocenters. The summed E-state index contributed by atoms with van der Waals surface area (Å²) in [5.41, 5.74) is 5.43. The molecule has 38 heavy (non-hydrogen) atoms. The minimum absolute atomic E-state index is 0.0692. The molecule has 0 fully saturated rings. The summed E-state index contributed by atoms with van der Waals surface area (Å²) >= 11 is 0. The number of amides is 1. The van der Waals surface area contributed by atoms with Gasteiger partial charge in [-0.15, -0.1) is 0 Å². The molecule has 5 rings (SSSR count). The van der Waals surface area contributed by atoms with Gasteiger partial charge in [-0.05, 0) is 69.7 Å². The molecule has 5 aromatic rings. The molecule has 0 saturated heterocycles. The third-order valence-electron chi connectivity index (χ3n) is 5.81. The van der Waals surface area contributed by atoms with E-state index in [1.165, 1.54) is 0 Å². The molecule has 0 spiro atoms. The number of H-pyrrole nitrogens is 1. The van der Waals surface area contributed by atoms with Gasteiger partial charge in [-0.3, -0.25) is 9.89 Å². The number of fused-ring (bicyclic) bond motifs is 1. The Balaban J connectivity index is 1.43. The Bertz CT molecular complexity index is 1570. The number of aromatic amines is 1. The third-order valence-corrected chi connectivity index (χ3v) is 5.81. The molecule has 0 radical (unpaired) electrons. The Morgan fingerprint density at radius 1 is 0.947 bits per heavy atom. The predicted octanol–water partition coefficient (Wildman–Crippen LogP) is 6.03. The monoisotopic (exact) mass is 506 g/mol. The standard InChI is InChI=1S/C30H30N6O2/c1-19-8-13-26-25(14-19)29(33-23-11-9-20(10-12-23)22-16-31-32-17-22)35-28(34-26)21-6-5-7-24(15-21)38-18-27(37)36-30(2,3)4/h5-17H,18H2,1-4H3,(H,31,32)(H,36,37)(H,33,34,35).